The molecule has 0 amide bonds. The zero-order valence-electron chi connectivity index (χ0n) is 15.4. The lowest BCUT2D eigenvalue weighted by Crippen LogP contribution is -2.14. The Hall–Kier alpha value is -3.18. The molecule has 28 heavy (non-hydrogen) atoms. The van der Waals surface area contributed by atoms with Gasteiger partial charge in [0.1, 0.15) is 24.2 Å². The Kier molecular flexibility index (Phi) is 5.35. The number of rotatable bonds is 6. The van der Waals surface area contributed by atoms with E-state index in [0.717, 1.165) is 29.7 Å². The highest BCUT2D eigenvalue weighted by Crippen LogP contribution is 2.30. The molecule has 4 rings (SSSR count). The van der Waals surface area contributed by atoms with Crippen molar-refractivity contribution in [3.8, 4) is 17.0 Å². The topological polar surface area (TPSA) is 72.6 Å². The van der Waals surface area contributed by atoms with Crippen molar-refractivity contribution in [3.05, 3.63) is 83.6 Å². The van der Waals surface area contributed by atoms with E-state index in [1.54, 1.807) is 12.1 Å². The molecule has 0 radical (unpaired) electrons. The Bertz CT molecular complexity index is 973. The molecule has 5 heteroatoms. The van der Waals surface area contributed by atoms with Crippen LogP contribution < -0.4 is 4.74 Å². The Morgan fingerprint density at radius 3 is 2.64 bits per heavy atom. The molecule has 0 saturated carbocycles. The average molecular weight is 375 g/mol. The summed E-state index contributed by atoms with van der Waals surface area (Å²) in [7, 11) is 0. The van der Waals surface area contributed by atoms with Gasteiger partial charge in [-0.1, -0.05) is 41.6 Å². The summed E-state index contributed by atoms with van der Waals surface area (Å²) in [6.07, 6.45) is 2.81. The molecule has 0 spiro atoms. The van der Waals surface area contributed by atoms with Crippen LogP contribution in [0.1, 0.15) is 36.7 Å². The quantitative estimate of drug-likeness (QED) is 0.680. The van der Waals surface area contributed by atoms with Gasteiger partial charge in [-0.2, -0.15) is 0 Å². The summed E-state index contributed by atoms with van der Waals surface area (Å²) in [6.45, 7) is 0.504. The molecule has 142 valence electrons. The van der Waals surface area contributed by atoms with Gasteiger partial charge in [0.05, 0.1) is 0 Å². The summed E-state index contributed by atoms with van der Waals surface area (Å²) in [5, 5.41) is 14.5. The monoisotopic (exact) mass is 375 g/mol. The Morgan fingerprint density at radius 2 is 1.89 bits per heavy atom. The first-order valence-corrected chi connectivity index (χ1v) is 9.36. The third kappa shape index (κ3) is 4.05. The van der Waals surface area contributed by atoms with Crippen molar-refractivity contribution in [1.29, 1.82) is 0 Å². The maximum Gasteiger partial charge on any atom is 0.170 e. The lowest BCUT2D eigenvalue weighted by atomic mass is 9.93. The molecule has 0 fully saturated rings. The van der Waals surface area contributed by atoms with Crippen LogP contribution in [-0.4, -0.2) is 16.0 Å². The molecule has 1 N–H and O–H groups in total. The fourth-order valence-electron chi connectivity index (χ4n) is 3.21. The molecule has 1 aliphatic rings. The normalized spacial score (nSPS) is 15.2. The molecule has 1 unspecified atom stereocenters. The molecule has 2 aromatic carbocycles. The number of allylic oxidation sites excluding steroid dienone is 1. The third-order valence-electron chi connectivity index (χ3n) is 4.79. The first kappa shape index (κ1) is 18.2. The molecule has 0 bridgehead atoms. The van der Waals surface area contributed by atoms with E-state index in [4.69, 9.17) is 9.26 Å². The van der Waals surface area contributed by atoms with E-state index in [-0.39, 0.29) is 11.5 Å². The van der Waals surface area contributed by atoms with Gasteiger partial charge in [-0.05, 0) is 42.7 Å². The first-order valence-electron chi connectivity index (χ1n) is 9.36. The second kappa shape index (κ2) is 8.23. The minimum Gasteiger partial charge on any atom is -0.489 e. The number of aromatic nitrogens is 1. The maximum absolute atomic E-state index is 12.0. The van der Waals surface area contributed by atoms with Crippen LogP contribution in [0.25, 0.3) is 11.3 Å². The predicted molar refractivity (Wildman–Crippen MR) is 105 cm³/mol. The van der Waals surface area contributed by atoms with Crippen LogP contribution in [0.4, 0.5) is 0 Å². The molecule has 5 nitrogen and oxygen atoms in total. The molecular weight excluding hydrogens is 354 g/mol. The van der Waals surface area contributed by atoms with E-state index in [2.05, 4.69) is 5.16 Å². The van der Waals surface area contributed by atoms with Crippen LogP contribution in [-0.2, 0) is 11.4 Å². The first-order chi connectivity index (χ1) is 13.7. The number of aliphatic hydroxyl groups is 1. The zero-order valence-corrected chi connectivity index (χ0v) is 15.4. The van der Waals surface area contributed by atoms with Crippen molar-refractivity contribution in [2.45, 2.75) is 32.0 Å². The van der Waals surface area contributed by atoms with Crippen molar-refractivity contribution >= 4 is 5.78 Å². The maximum atomic E-state index is 12.0. The number of nitrogens with zero attached hydrogens (tertiary/aromatic N) is 1. The van der Waals surface area contributed by atoms with E-state index in [1.165, 1.54) is 0 Å². The number of benzene rings is 2. The van der Waals surface area contributed by atoms with E-state index in [0.29, 0.717) is 24.3 Å². The highest BCUT2D eigenvalue weighted by atomic mass is 16.5. The number of ether oxygens (including phenoxy) is 1. The van der Waals surface area contributed by atoms with E-state index >= 15 is 0 Å². The summed E-state index contributed by atoms with van der Waals surface area (Å²) in [6, 6.07) is 19.2. The van der Waals surface area contributed by atoms with Crippen LogP contribution in [0.5, 0.6) is 5.75 Å². The summed E-state index contributed by atoms with van der Waals surface area (Å²) in [5.41, 5.74) is 2.96. The van der Waals surface area contributed by atoms with Gasteiger partial charge in [0, 0.05) is 23.6 Å². The van der Waals surface area contributed by atoms with Crippen molar-refractivity contribution in [2.24, 2.45) is 0 Å². The lowest BCUT2D eigenvalue weighted by Gasteiger charge is -2.14. The van der Waals surface area contributed by atoms with Crippen LogP contribution in [0.15, 0.2) is 76.8 Å². The molecule has 0 aliphatic heterocycles. The van der Waals surface area contributed by atoms with Crippen molar-refractivity contribution in [1.82, 2.24) is 5.16 Å². The van der Waals surface area contributed by atoms with E-state index < -0.39 is 6.10 Å². The zero-order chi connectivity index (χ0) is 19.3. The lowest BCUT2D eigenvalue weighted by molar-refractivity contribution is -0.117. The Morgan fingerprint density at radius 1 is 1.11 bits per heavy atom. The van der Waals surface area contributed by atoms with Crippen LogP contribution in [0, 0.1) is 0 Å². The second-order valence-corrected chi connectivity index (χ2v) is 6.79. The van der Waals surface area contributed by atoms with Crippen molar-refractivity contribution < 1.29 is 19.2 Å². The Labute approximate surface area is 163 Å². The van der Waals surface area contributed by atoms with E-state index in [1.807, 2.05) is 54.6 Å². The largest absolute Gasteiger partial charge is 0.489 e. The highest BCUT2D eigenvalue weighted by molar-refractivity contribution is 5.97. The number of ketones is 1. The molecule has 1 aromatic heterocycles. The van der Waals surface area contributed by atoms with Crippen molar-refractivity contribution in [2.75, 3.05) is 0 Å². The van der Waals surface area contributed by atoms with Gasteiger partial charge in [0.25, 0.3) is 0 Å². The summed E-state index contributed by atoms with van der Waals surface area (Å²) >= 11 is 0. The van der Waals surface area contributed by atoms with Crippen molar-refractivity contribution in [3.63, 3.8) is 0 Å². The highest BCUT2D eigenvalue weighted by Gasteiger charge is 2.25. The smallest absolute Gasteiger partial charge is 0.170 e. The number of hydrogen-bond donors (Lipinski definition) is 1. The number of aliphatic hydroxyl groups excluding tert-OH is 1. The predicted octanol–water partition coefficient (Wildman–Crippen LogP) is 4.63. The van der Waals surface area contributed by atoms with Gasteiger partial charge in [0.15, 0.2) is 11.5 Å². The molecule has 1 atom stereocenters. The summed E-state index contributed by atoms with van der Waals surface area (Å²) in [4.78, 5) is 12.0. The number of carbonyl (C=O) groups excluding carboxylic acids is 1. The number of carbonyl (C=O) groups is 1. The molecule has 1 aliphatic carbocycles. The fraction of sp³-hybridized carbons (Fsp3) is 0.217. The minimum atomic E-state index is -1.07. The standard InChI is InChI=1S/C23H21NO4/c25-21-9-5-4-8-19(21)23(26)22-14-20(24-28-22)17-10-12-18(13-11-17)27-15-16-6-2-1-3-7-16/h1-3,6-8,10-14,23,26H,4-5,9,15H2. The molecule has 0 saturated heterocycles. The van der Waals surface area contributed by atoms with Crippen LogP contribution in [0.2, 0.25) is 0 Å². The van der Waals surface area contributed by atoms with Gasteiger partial charge < -0.3 is 14.4 Å². The molecule has 3 aromatic rings. The van der Waals surface area contributed by atoms with Gasteiger partial charge >= 0.3 is 0 Å². The number of hydrogen-bond acceptors (Lipinski definition) is 5. The number of Topliss-reactive ketones (excluding diaryl/α,β-unsaturated/α-hetero) is 1. The van der Waals surface area contributed by atoms with Crippen LogP contribution in [0.3, 0.4) is 0 Å². The van der Waals surface area contributed by atoms with Crippen LogP contribution >= 0.6 is 0 Å². The molecule has 1 heterocycles. The average Bonchev–Trinajstić information content (AvgIpc) is 3.23. The SMILES string of the molecule is O=C1CCCC=C1C(O)c1cc(-c2ccc(OCc3ccccc3)cc2)no1. The van der Waals surface area contributed by atoms with E-state index in [9.17, 15) is 9.90 Å². The molecular formula is C23H21NO4. The van der Waals surface area contributed by atoms with Gasteiger partial charge in [-0.15, -0.1) is 0 Å². The second-order valence-electron chi connectivity index (χ2n) is 6.79. The summed E-state index contributed by atoms with van der Waals surface area (Å²) < 4.78 is 11.1. The Balaban J connectivity index is 1.43. The summed E-state index contributed by atoms with van der Waals surface area (Å²) in [5.74, 6) is 1.01. The van der Waals surface area contributed by atoms with Gasteiger partial charge in [-0.3, -0.25) is 4.79 Å². The van der Waals surface area contributed by atoms with Gasteiger partial charge in [0.2, 0.25) is 0 Å². The van der Waals surface area contributed by atoms with Gasteiger partial charge in [-0.25, -0.2) is 0 Å². The fourth-order valence-corrected chi connectivity index (χ4v) is 3.21. The minimum absolute atomic E-state index is 0.0309. The third-order valence-corrected chi connectivity index (χ3v) is 4.79.